The van der Waals surface area contributed by atoms with Gasteiger partial charge >= 0.3 is 0 Å². The van der Waals surface area contributed by atoms with Crippen molar-refractivity contribution < 1.29 is 9.47 Å². The monoisotopic (exact) mass is 218 g/mol. The van der Waals surface area contributed by atoms with Crippen LogP contribution in [0.3, 0.4) is 0 Å². The van der Waals surface area contributed by atoms with Crippen molar-refractivity contribution in [3.8, 4) is 17.6 Å². The molecule has 1 fully saturated rings. The Labute approximate surface area is 94.8 Å². The molecule has 0 unspecified atom stereocenters. The molecule has 1 saturated heterocycles. The highest BCUT2D eigenvalue weighted by molar-refractivity contribution is 5.43. The third-order valence-corrected chi connectivity index (χ3v) is 2.56. The topological polar surface area (TPSA) is 54.3 Å². The molecule has 1 heterocycles. The van der Waals surface area contributed by atoms with Crippen molar-refractivity contribution in [3.63, 3.8) is 0 Å². The Bertz CT molecular complexity index is 406. The number of hydrogen-bond acceptors (Lipinski definition) is 4. The number of rotatable bonds is 3. The molecule has 0 amide bonds. The van der Waals surface area contributed by atoms with Crippen LogP contribution in [0.1, 0.15) is 12.0 Å². The summed E-state index contributed by atoms with van der Waals surface area (Å²) in [7, 11) is 1.58. The fraction of sp³-hybridized carbons (Fsp3) is 0.417. The molecule has 0 radical (unpaired) electrons. The second-order valence-electron chi connectivity index (χ2n) is 3.74. The highest BCUT2D eigenvalue weighted by Gasteiger charge is 2.16. The Balaban J connectivity index is 2.16. The number of methoxy groups -OCH3 is 1. The van der Waals surface area contributed by atoms with Crippen molar-refractivity contribution in [2.24, 2.45) is 0 Å². The quantitative estimate of drug-likeness (QED) is 0.831. The van der Waals surface area contributed by atoms with Gasteiger partial charge in [0.25, 0.3) is 0 Å². The molecule has 4 nitrogen and oxygen atoms in total. The number of benzene rings is 1. The van der Waals surface area contributed by atoms with E-state index in [2.05, 4.69) is 11.4 Å². The van der Waals surface area contributed by atoms with Crippen molar-refractivity contribution in [1.82, 2.24) is 5.32 Å². The van der Waals surface area contributed by atoms with Crippen LogP contribution in [0.4, 0.5) is 0 Å². The predicted molar refractivity (Wildman–Crippen MR) is 59.6 cm³/mol. The zero-order chi connectivity index (χ0) is 11.4. The maximum atomic E-state index is 8.87. The number of nitrogens with one attached hydrogen (secondary N) is 1. The minimum atomic E-state index is 0.193. The summed E-state index contributed by atoms with van der Waals surface area (Å²) in [5.74, 6) is 1.35. The minimum absolute atomic E-state index is 0.193. The molecule has 0 saturated carbocycles. The SMILES string of the molecule is COc1cc(C#N)cc(O[C@H]2CCNC2)c1. The molecule has 0 aromatic heterocycles. The Morgan fingerprint density at radius 3 is 2.81 bits per heavy atom. The second kappa shape index (κ2) is 4.86. The molecule has 2 rings (SSSR count). The first-order chi connectivity index (χ1) is 7.81. The largest absolute Gasteiger partial charge is 0.497 e. The van der Waals surface area contributed by atoms with Crippen molar-refractivity contribution in [2.45, 2.75) is 12.5 Å². The average Bonchev–Trinajstić information content (AvgIpc) is 2.81. The van der Waals surface area contributed by atoms with E-state index < -0.39 is 0 Å². The van der Waals surface area contributed by atoms with Crippen molar-refractivity contribution in [2.75, 3.05) is 20.2 Å². The van der Waals surface area contributed by atoms with Crippen molar-refractivity contribution in [1.29, 1.82) is 5.26 Å². The van der Waals surface area contributed by atoms with E-state index in [1.807, 2.05) is 0 Å². The lowest BCUT2D eigenvalue weighted by Crippen LogP contribution is -2.19. The molecule has 4 heteroatoms. The van der Waals surface area contributed by atoms with Gasteiger partial charge < -0.3 is 14.8 Å². The maximum absolute atomic E-state index is 8.87. The Morgan fingerprint density at radius 2 is 2.19 bits per heavy atom. The molecule has 1 aromatic rings. The van der Waals surface area contributed by atoms with E-state index in [4.69, 9.17) is 14.7 Å². The normalized spacial score (nSPS) is 19.1. The van der Waals surface area contributed by atoms with Crippen LogP contribution < -0.4 is 14.8 Å². The van der Waals surface area contributed by atoms with Crippen LogP contribution in [0.25, 0.3) is 0 Å². The van der Waals surface area contributed by atoms with Gasteiger partial charge in [0.05, 0.1) is 18.7 Å². The standard InChI is InChI=1S/C12H14N2O2/c1-15-11-4-9(7-13)5-12(6-11)16-10-2-3-14-8-10/h4-6,10,14H,2-3,8H2,1H3/t10-/m0/s1. The van der Waals surface area contributed by atoms with Gasteiger partial charge in [0.15, 0.2) is 0 Å². The van der Waals surface area contributed by atoms with Crippen LogP contribution in [0, 0.1) is 11.3 Å². The summed E-state index contributed by atoms with van der Waals surface area (Å²) >= 11 is 0. The van der Waals surface area contributed by atoms with Crippen molar-refractivity contribution in [3.05, 3.63) is 23.8 Å². The van der Waals surface area contributed by atoms with Crippen LogP contribution in [-0.4, -0.2) is 26.3 Å². The zero-order valence-corrected chi connectivity index (χ0v) is 9.19. The van der Waals surface area contributed by atoms with Gasteiger partial charge in [-0.15, -0.1) is 0 Å². The Kier molecular flexibility index (Phi) is 3.28. The van der Waals surface area contributed by atoms with E-state index in [0.29, 0.717) is 17.1 Å². The number of ether oxygens (including phenoxy) is 2. The smallest absolute Gasteiger partial charge is 0.124 e. The lowest BCUT2D eigenvalue weighted by Gasteiger charge is -2.13. The highest BCUT2D eigenvalue weighted by atomic mass is 16.5. The zero-order valence-electron chi connectivity index (χ0n) is 9.19. The van der Waals surface area contributed by atoms with Gasteiger partial charge in [0.1, 0.15) is 17.6 Å². The summed E-state index contributed by atoms with van der Waals surface area (Å²) < 4.78 is 10.9. The lowest BCUT2D eigenvalue weighted by molar-refractivity contribution is 0.222. The molecule has 1 N–H and O–H groups in total. The van der Waals surface area contributed by atoms with E-state index in [9.17, 15) is 0 Å². The van der Waals surface area contributed by atoms with Gasteiger partial charge in [-0.05, 0) is 25.1 Å². The predicted octanol–water partition coefficient (Wildman–Crippen LogP) is 1.31. The molecule has 0 spiro atoms. The summed E-state index contributed by atoms with van der Waals surface area (Å²) in [6, 6.07) is 7.33. The Morgan fingerprint density at radius 1 is 1.38 bits per heavy atom. The molecule has 1 aromatic carbocycles. The van der Waals surface area contributed by atoms with E-state index in [1.165, 1.54) is 0 Å². The average molecular weight is 218 g/mol. The highest BCUT2D eigenvalue weighted by Crippen LogP contribution is 2.24. The summed E-state index contributed by atoms with van der Waals surface area (Å²) in [5, 5.41) is 12.1. The summed E-state index contributed by atoms with van der Waals surface area (Å²) in [5.41, 5.74) is 0.556. The van der Waals surface area contributed by atoms with Gasteiger partial charge in [0, 0.05) is 12.6 Å². The van der Waals surface area contributed by atoms with E-state index >= 15 is 0 Å². The maximum Gasteiger partial charge on any atom is 0.124 e. The van der Waals surface area contributed by atoms with Crippen LogP contribution in [0.15, 0.2) is 18.2 Å². The number of hydrogen-bond donors (Lipinski definition) is 1. The molecule has 1 atom stereocenters. The molecular formula is C12H14N2O2. The summed E-state index contributed by atoms with van der Waals surface area (Å²) in [6.45, 7) is 1.85. The third kappa shape index (κ3) is 2.44. The Hall–Kier alpha value is -1.73. The van der Waals surface area contributed by atoms with Gasteiger partial charge in [-0.3, -0.25) is 0 Å². The molecule has 0 bridgehead atoms. The first kappa shape index (κ1) is 10.8. The summed E-state index contributed by atoms with van der Waals surface area (Å²) in [4.78, 5) is 0. The van der Waals surface area contributed by atoms with Crippen molar-refractivity contribution >= 4 is 0 Å². The molecule has 16 heavy (non-hydrogen) atoms. The fourth-order valence-corrected chi connectivity index (χ4v) is 1.74. The van der Waals surface area contributed by atoms with E-state index in [1.54, 1.807) is 25.3 Å². The minimum Gasteiger partial charge on any atom is -0.497 e. The molecule has 84 valence electrons. The molecule has 1 aliphatic heterocycles. The van der Waals surface area contributed by atoms with Crippen LogP contribution in [0.5, 0.6) is 11.5 Å². The molecule has 0 aliphatic carbocycles. The van der Waals surface area contributed by atoms with Gasteiger partial charge in [-0.2, -0.15) is 5.26 Å². The van der Waals surface area contributed by atoms with Gasteiger partial charge in [0.2, 0.25) is 0 Å². The fourth-order valence-electron chi connectivity index (χ4n) is 1.74. The number of nitrogens with zero attached hydrogens (tertiary/aromatic N) is 1. The second-order valence-corrected chi connectivity index (χ2v) is 3.74. The van der Waals surface area contributed by atoms with Crippen LogP contribution >= 0.6 is 0 Å². The van der Waals surface area contributed by atoms with Crippen LogP contribution in [-0.2, 0) is 0 Å². The van der Waals surface area contributed by atoms with Crippen LogP contribution in [0.2, 0.25) is 0 Å². The molecule has 1 aliphatic rings. The van der Waals surface area contributed by atoms with Gasteiger partial charge in [-0.25, -0.2) is 0 Å². The first-order valence-electron chi connectivity index (χ1n) is 5.28. The van der Waals surface area contributed by atoms with Gasteiger partial charge in [-0.1, -0.05) is 0 Å². The van der Waals surface area contributed by atoms with E-state index in [0.717, 1.165) is 19.5 Å². The summed E-state index contributed by atoms with van der Waals surface area (Å²) in [6.07, 6.45) is 1.19. The number of nitriles is 1. The van der Waals surface area contributed by atoms with E-state index in [-0.39, 0.29) is 6.10 Å². The lowest BCUT2D eigenvalue weighted by atomic mass is 10.2. The third-order valence-electron chi connectivity index (χ3n) is 2.56. The first-order valence-corrected chi connectivity index (χ1v) is 5.28. The molecular weight excluding hydrogens is 204 g/mol.